The normalized spacial score (nSPS) is 12.6. The average Bonchev–Trinajstić information content (AvgIpc) is 1.97. The Kier molecular flexibility index (Phi) is 7.52. The molecular formula is C11H22FNO4. The highest BCUT2D eigenvalue weighted by Gasteiger charge is 2.24. The predicted octanol–water partition coefficient (Wildman–Crippen LogP) is 2.16. The minimum Gasteiger partial charge on any atom is -0.480 e. The Morgan fingerprint density at radius 2 is 1.76 bits per heavy atom. The van der Waals surface area contributed by atoms with Crippen molar-refractivity contribution in [1.29, 1.82) is 0 Å². The third-order valence-corrected chi connectivity index (χ3v) is 1.70. The lowest BCUT2D eigenvalue weighted by Crippen LogP contribution is -2.44. The molecule has 0 aliphatic rings. The van der Waals surface area contributed by atoms with Crippen LogP contribution in [0.15, 0.2) is 0 Å². The molecule has 102 valence electrons. The van der Waals surface area contributed by atoms with E-state index in [4.69, 9.17) is 9.84 Å². The van der Waals surface area contributed by atoms with Crippen LogP contribution in [0.2, 0.25) is 0 Å². The molecule has 1 amide bonds. The highest BCUT2D eigenvalue weighted by molar-refractivity contribution is 5.79. The standard InChI is InChI=1S/C11H21NO4.FH/c1-7(2)6-8(9(13)14)12-10(15)16-11(3,4)5;/h7-8H,6H2,1-5H3,(H,12,15)(H,13,14);1H. The Morgan fingerprint density at radius 1 is 1.29 bits per heavy atom. The molecule has 0 heterocycles. The summed E-state index contributed by atoms with van der Waals surface area (Å²) in [5, 5.41) is 11.2. The van der Waals surface area contributed by atoms with Gasteiger partial charge in [-0.1, -0.05) is 13.8 Å². The minimum absolute atomic E-state index is 0. The fourth-order valence-corrected chi connectivity index (χ4v) is 1.14. The quantitative estimate of drug-likeness (QED) is 0.802. The summed E-state index contributed by atoms with van der Waals surface area (Å²) in [6.07, 6.45) is -0.310. The number of hydrogen-bond acceptors (Lipinski definition) is 3. The van der Waals surface area contributed by atoms with Crippen molar-refractivity contribution in [3.63, 3.8) is 0 Å². The van der Waals surface area contributed by atoms with Gasteiger partial charge >= 0.3 is 12.1 Å². The Morgan fingerprint density at radius 3 is 2.06 bits per heavy atom. The predicted molar refractivity (Wildman–Crippen MR) is 62.8 cm³/mol. The lowest BCUT2D eigenvalue weighted by atomic mass is 10.0. The zero-order valence-electron chi connectivity index (χ0n) is 10.9. The summed E-state index contributed by atoms with van der Waals surface area (Å²) in [4.78, 5) is 22.2. The van der Waals surface area contributed by atoms with Crippen LogP contribution < -0.4 is 5.32 Å². The fraction of sp³-hybridized carbons (Fsp3) is 0.818. The van der Waals surface area contributed by atoms with Gasteiger partial charge in [-0.05, 0) is 33.1 Å². The fourth-order valence-electron chi connectivity index (χ4n) is 1.14. The van der Waals surface area contributed by atoms with Gasteiger partial charge in [0.05, 0.1) is 0 Å². The molecule has 0 radical (unpaired) electrons. The molecular weight excluding hydrogens is 229 g/mol. The summed E-state index contributed by atoms with van der Waals surface area (Å²) >= 11 is 0. The van der Waals surface area contributed by atoms with Crippen molar-refractivity contribution in [3.8, 4) is 0 Å². The second-order valence-corrected chi connectivity index (χ2v) is 5.17. The Labute approximate surface area is 101 Å². The maximum atomic E-state index is 11.4. The van der Waals surface area contributed by atoms with Crippen LogP contribution in [0.3, 0.4) is 0 Å². The van der Waals surface area contributed by atoms with Crippen LogP contribution in [0, 0.1) is 5.92 Å². The van der Waals surface area contributed by atoms with Gasteiger partial charge in [-0.15, -0.1) is 0 Å². The first-order chi connectivity index (χ1) is 7.11. The Bertz CT molecular complexity index is 261. The van der Waals surface area contributed by atoms with Gasteiger partial charge < -0.3 is 15.2 Å². The Hall–Kier alpha value is -1.33. The van der Waals surface area contributed by atoms with E-state index in [1.54, 1.807) is 20.8 Å². The number of alkyl carbamates (subject to hydrolysis) is 1. The van der Waals surface area contributed by atoms with E-state index in [9.17, 15) is 9.59 Å². The topological polar surface area (TPSA) is 75.6 Å². The van der Waals surface area contributed by atoms with Crippen LogP contribution in [-0.2, 0) is 9.53 Å². The third-order valence-electron chi connectivity index (χ3n) is 1.70. The molecule has 0 aromatic rings. The van der Waals surface area contributed by atoms with E-state index in [-0.39, 0.29) is 10.6 Å². The molecule has 17 heavy (non-hydrogen) atoms. The van der Waals surface area contributed by atoms with Crippen LogP contribution >= 0.6 is 0 Å². The van der Waals surface area contributed by atoms with Crippen LogP contribution in [-0.4, -0.2) is 28.8 Å². The molecule has 0 fully saturated rings. The van der Waals surface area contributed by atoms with Gasteiger partial charge in [0.2, 0.25) is 0 Å². The number of halogens is 1. The van der Waals surface area contributed by atoms with Crippen molar-refractivity contribution >= 4 is 12.1 Å². The van der Waals surface area contributed by atoms with Crippen LogP contribution in [0.1, 0.15) is 41.0 Å². The molecule has 0 spiro atoms. The first-order valence-corrected chi connectivity index (χ1v) is 5.34. The maximum Gasteiger partial charge on any atom is 0.408 e. The highest BCUT2D eigenvalue weighted by atomic mass is 19.0. The monoisotopic (exact) mass is 251 g/mol. The van der Waals surface area contributed by atoms with E-state index in [2.05, 4.69) is 5.32 Å². The van der Waals surface area contributed by atoms with E-state index in [0.29, 0.717) is 6.42 Å². The molecule has 0 aliphatic carbocycles. The molecule has 0 aromatic heterocycles. The highest BCUT2D eigenvalue weighted by Crippen LogP contribution is 2.09. The molecule has 0 saturated carbocycles. The van der Waals surface area contributed by atoms with Crippen molar-refractivity contribution in [2.24, 2.45) is 5.92 Å². The number of carbonyl (C=O) groups is 2. The van der Waals surface area contributed by atoms with Gasteiger partial charge in [-0.3, -0.25) is 4.70 Å². The minimum atomic E-state index is -1.04. The molecule has 0 aromatic carbocycles. The summed E-state index contributed by atoms with van der Waals surface area (Å²) in [5.74, 6) is -0.851. The number of nitrogens with one attached hydrogen (secondary N) is 1. The Balaban J connectivity index is 0. The van der Waals surface area contributed by atoms with E-state index in [1.165, 1.54) is 0 Å². The van der Waals surface area contributed by atoms with Crippen molar-refractivity contribution in [3.05, 3.63) is 0 Å². The van der Waals surface area contributed by atoms with E-state index in [1.807, 2.05) is 13.8 Å². The number of rotatable bonds is 4. The molecule has 0 rings (SSSR count). The first-order valence-electron chi connectivity index (χ1n) is 5.34. The van der Waals surface area contributed by atoms with Crippen molar-refractivity contribution < 1.29 is 24.1 Å². The summed E-state index contributed by atoms with van der Waals surface area (Å²) in [6, 6.07) is -0.894. The smallest absolute Gasteiger partial charge is 0.408 e. The van der Waals surface area contributed by atoms with E-state index in [0.717, 1.165) is 0 Å². The average molecular weight is 251 g/mol. The first kappa shape index (κ1) is 18.0. The number of aliphatic carboxylic acids is 1. The molecule has 1 atom stereocenters. The number of hydrogen-bond donors (Lipinski definition) is 2. The molecule has 0 saturated heterocycles. The van der Waals surface area contributed by atoms with Gasteiger partial charge in [-0.25, -0.2) is 9.59 Å². The van der Waals surface area contributed by atoms with Gasteiger partial charge in [-0.2, -0.15) is 0 Å². The SMILES string of the molecule is CC(C)CC(NC(=O)OC(C)(C)C)C(=O)O.F. The number of carbonyl (C=O) groups excluding carboxylic acids is 1. The number of amides is 1. The number of carboxylic acids is 1. The van der Waals surface area contributed by atoms with Crippen molar-refractivity contribution in [2.75, 3.05) is 0 Å². The lowest BCUT2D eigenvalue weighted by Gasteiger charge is -2.22. The van der Waals surface area contributed by atoms with Crippen LogP contribution in [0.25, 0.3) is 0 Å². The lowest BCUT2D eigenvalue weighted by molar-refractivity contribution is -0.139. The molecule has 6 heteroatoms. The second kappa shape index (κ2) is 7.09. The molecule has 2 N–H and O–H groups in total. The summed E-state index contributed by atoms with van der Waals surface area (Å²) < 4.78 is 4.99. The van der Waals surface area contributed by atoms with E-state index >= 15 is 0 Å². The van der Waals surface area contributed by atoms with Crippen molar-refractivity contribution in [2.45, 2.75) is 52.7 Å². The zero-order chi connectivity index (χ0) is 12.9. The van der Waals surface area contributed by atoms with Gasteiger partial charge in [0.1, 0.15) is 11.6 Å². The molecule has 0 bridgehead atoms. The second-order valence-electron chi connectivity index (χ2n) is 5.17. The maximum absolute atomic E-state index is 11.4. The molecule has 0 aliphatic heterocycles. The molecule has 5 nitrogen and oxygen atoms in total. The third kappa shape index (κ3) is 9.59. The van der Waals surface area contributed by atoms with E-state index < -0.39 is 23.7 Å². The zero-order valence-corrected chi connectivity index (χ0v) is 10.9. The van der Waals surface area contributed by atoms with Gasteiger partial charge in [0.25, 0.3) is 0 Å². The van der Waals surface area contributed by atoms with Gasteiger partial charge in [0, 0.05) is 0 Å². The van der Waals surface area contributed by atoms with Gasteiger partial charge in [0.15, 0.2) is 0 Å². The largest absolute Gasteiger partial charge is 0.480 e. The number of ether oxygens (including phenoxy) is 1. The number of carboxylic acid groups (broad SMARTS) is 1. The van der Waals surface area contributed by atoms with Crippen LogP contribution in [0.4, 0.5) is 9.50 Å². The summed E-state index contributed by atoms with van der Waals surface area (Å²) in [7, 11) is 0. The van der Waals surface area contributed by atoms with Crippen LogP contribution in [0.5, 0.6) is 0 Å². The van der Waals surface area contributed by atoms with Crippen molar-refractivity contribution in [1.82, 2.24) is 5.32 Å². The summed E-state index contributed by atoms with van der Waals surface area (Å²) in [6.45, 7) is 8.97. The summed E-state index contributed by atoms with van der Waals surface area (Å²) in [5.41, 5.74) is -0.620. The molecule has 1 unspecified atom stereocenters.